The molecular weight excluding hydrogens is 322 g/mol. The summed E-state index contributed by atoms with van der Waals surface area (Å²) in [5.41, 5.74) is -0.141. The van der Waals surface area contributed by atoms with Crippen molar-refractivity contribution in [3.8, 4) is 0 Å². The molecule has 0 aliphatic carbocycles. The van der Waals surface area contributed by atoms with Gasteiger partial charge in [-0.25, -0.2) is 13.5 Å². The number of nitrogens with zero attached hydrogens (tertiary/aromatic N) is 3. The van der Waals surface area contributed by atoms with Crippen molar-refractivity contribution in [2.45, 2.75) is 19.4 Å². The van der Waals surface area contributed by atoms with Gasteiger partial charge >= 0.3 is 5.97 Å². The highest BCUT2D eigenvalue weighted by atomic mass is 19.1. The van der Waals surface area contributed by atoms with Crippen LogP contribution in [0, 0.1) is 11.6 Å². The Bertz CT molecular complexity index is 713. The molecule has 1 amide bonds. The molecule has 1 heterocycles. The number of hydrogen-bond donors (Lipinski definition) is 1. The molecule has 0 aliphatic heterocycles. The lowest BCUT2D eigenvalue weighted by atomic mass is 10.2. The molecule has 0 radical (unpaired) electrons. The average Bonchev–Trinajstić information content (AvgIpc) is 3.03. The van der Waals surface area contributed by atoms with E-state index in [0.29, 0.717) is 6.42 Å². The van der Waals surface area contributed by atoms with Crippen LogP contribution in [0.1, 0.15) is 28.9 Å². The summed E-state index contributed by atoms with van der Waals surface area (Å²) in [5, 5.41) is 9.92. The average molecular weight is 338 g/mol. The zero-order chi connectivity index (χ0) is 17.5. The minimum Gasteiger partial charge on any atom is -0.469 e. The highest BCUT2D eigenvalue weighted by Gasteiger charge is 2.13. The van der Waals surface area contributed by atoms with Gasteiger partial charge in [0.2, 0.25) is 0 Å². The number of halogens is 2. The van der Waals surface area contributed by atoms with Crippen LogP contribution < -0.4 is 5.32 Å². The van der Waals surface area contributed by atoms with Gasteiger partial charge in [0, 0.05) is 18.5 Å². The van der Waals surface area contributed by atoms with Crippen LogP contribution in [0.15, 0.2) is 24.4 Å². The molecule has 24 heavy (non-hydrogen) atoms. The molecule has 0 spiro atoms. The third-order valence-electron chi connectivity index (χ3n) is 3.22. The quantitative estimate of drug-likeness (QED) is 0.607. The fraction of sp³-hybridized carbons (Fsp3) is 0.333. The van der Waals surface area contributed by atoms with Gasteiger partial charge in [0.15, 0.2) is 5.69 Å². The zero-order valence-corrected chi connectivity index (χ0v) is 13.0. The molecule has 0 saturated heterocycles. The first-order chi connectivity index (χ1) is 11.5. The largest absolute Gasteiger partial charge is 0.469 e. The van der Waals surface area contributed by atoms with Crippen molar-refractivity contribution < 1.29 is 23.1 Å². The third-order valence-corrected chi connectivity index (χ3v) is 3.22. The van der Waals surface area contributed by atoms with Crippen LogP contribution in [0.5, 0.6) is 0 Å². The topological polar surface area (TPSA) is 86.1 Å². The summed E-state index contributed by atoms with van der Waals surface area (Å²) in [6, 6.07) is 3.55. The second-order valence-electron chi connectivity index (χ2n) is 4.94. The lowest BCUT2D eigenvalue weighted by Crippen LogP contribution is -2.25. The van der Waals surface area contributed by atoms with Crippen LogP contribution >= 0.6 is 0 Å². The number of benzene rings is 1. The molecule has 2 aromatic rings. The predicted octanol–water partition coefficient (Wildman–Crippen LogP) is 1.29. The molecule has 1 aromatic carbocycles. The van der Waals surface area contributed by atoms with Crippen molar-refractivity contribution in [2.24, 2.45) is 0 Å². The Morgan fingerprint density at radius 3 is 2.67 bits per heavy atom. The minimum atomic E-state index is -0.695. The summed E-state index contributed by atoms with van der Waals surface area (Å²) < 4.78 is 32.8. The smallest absolute Gasteiger partial charge is 0.305 e. The van der Waals surface area contributed by atoms with E-state index in [-0.39, 0.29) is 36.7 Å². The molecule has 0 aliphatic rings. The number of hydrogen-bond acceptors (Lipinski definition) is 5. The van der Waals surface area contributed by atoms with Gasteiger partial charge in [0.05, 0.1) is 19.9 Å². The first-order valence-electron chi connectivity index (χ1n) is 7.19. The van der Waals surface area contributed by atoms with Crippen LogP contribution in [-0.4, -0.2) is 40.5 Å². The Morgan fingerprint density at radius 1 is 1.29 bits per heavy atom. The van der Waals surface area contributed by atoms with Gasteiger partial charge in [0.1, 0.15) is 11.6 Å². The standard InChI is InChI=1S/C15H16F2N4O3/c1-24-14(22)6-3-7-18-15(23)13-9-21(20-19-13)8-10-11(16)4-2-5-12(10)17/h2,4-5,9H,3,6-8H2,1H3,(H,18,23). The molecule has 0 fully saturated rings. The third kappa shape index (κ3) is 4.58. The molecule has 7 nitrogen and oxygen atoms in total. The maximum Gasteiger partial charge on any atom is 0.305 e. The molecule has 1 N–H and O–H groups in total. The summed E-state index contributed by atoms with van der Waals surface area (Å²) in [5.74, 6) is -2.24. The van der Waals surface area contributed by atoms with E-state index in [0.717, 1.165) is 12.1 Å². The number of carbonyl (C=O) groups is 2. The predicted molar refractivity (Wildman–Crippen MR) is 79.1 cm³/mol. The molecule has 0 bridgehead atoms. The van der Waals surface area contributed by atoms with Crippen LogP contribution in [0.4, 0.5) is 8.78 Å². The van der Waals surface area contributed by atoms with E-state index >= 15 is 0 Å². The van der Waals surface area contributed by atoms with Gasteiger partial charge in [-0.15, -0.1) is 5.10 Å². The fourth-order valence-corrected chi connectivity index (χ4v) is 1.95. The van der Waals surface area contributed by atoms with E-state index < -0.39 is 17.5 Å². The van der Waals surface area contributed by atoms with E-state index in [1.807, 2.05) is 0 Å². The number of esters is 1. The summed E-state index contributed by atoms with van der Waals surface area (Å²) in [6.07, 6.45) is 1.91. The number of nitrogens with one attached hydrogen (secondary N) is 1. The van der Waals surface area contributed by atoms with E-state index in [1.165, 1.54) is 24.1 Å². The van der Waals surface area contributed by atoms with Crippen LogP contribution in [0.3, 0.4) is 0 Å². The number of aromatic nitrogens is 3. The van der Waals surface area contributed by atoms with E-state index in [1.54, 1.807) is 0 Å². The lowest BCUT2D eigenvalue weighted by molar-refractivity contribution is -0.140. The van der Waals surface area contributed by atoms with Gasteiger partial charge < -0.3 is 10.1 Å². The van der Waals surface area contributed by atoms with Crippen molar-refractivity contribution in [1.82, 2.24) is 20.3 Å². The molecule has 1 aromatic heterocycles. The zero-order valence-electron chi connectivity index (χ0n) is 13.0. The van der Waals surface area contributed by atoms with Crippen LogP contribution in [-0.2, 0) is 16.1 Å². The molecule has 0 unspecified atom stereocenters. The van der Waals surface area contributed by atoms with Crippen LogP contribution in [0.25, 0.3) is 0 Å². The summed E-state index contributed by atoms with van der Waals surface area (Å²) >= 11 is 0. The van der Waals surface area contributed by atoms with Crippen molar-refractivity contribution in [3.63, 3.8) is 0 Å². The molecule has 2 rings (SSSR count). The second kappa shape index (κ2) is 8.14. The summed E-state index contributed by atoms with van der Waals surface area (Å²) in [4.78, 5) is 22.8. The van der Waals surface area contributed by atoms with Crippen molar-refractivity contribution in [1.29, 1.82) is 0 Å². The van der Waals surface area contributed by atoms with Gasteiger partial charge in [-0.1, -0.05) is 11.3 Å². The first kappa shape index (κ1) is 17.5. The molecule has 0 atom stereocenters. The Labute approximate surface area is 136 Å². The summed E-state index contributed by atoms with van der Waals surface area (Å²) in [7, 11) is 1.29. The normalized spacial score (nSPS) is 10.5. The SMILES string of the molecule is COC(=O)CCCNC(=O)c1cn(Cc2c(F)cccc2F)nn1. The highest BCUT2D eigenvalue weighted by molar-refractivity contribution is 5.91. The lowest BCUT2D eigenvalue weighted by Gasteiger charge is -2.04. The number of methoxy groups -OCH3 is 1. The van der Waals surface area contributed by atoms with Crippen molar-refractivity contribution in [3.05, 3.63) is 47.3 Å². The summed E-state index contributed by atoms with van der Waals surface area (Å²) in [6.45, 7) is 0.0872. The molecule has 0 saturated carbocycles. The van der Waals surface area contributed by atoms with Gasteiger partial charge in [-0.05, 0) is 18.6 Å². The monoisotopic (exact) mass is 338 g/mol. The van der Waals surface area contributed by atoms with Gasteiger partial charge in [-0.2, -0.15) is 0 Å². The van der Waals surface area contributed by atoms with Gasteiger partial charge in [-0.3, -0.25) is 9.59 Å². The van der Waals surface area contributed by atoms with E-state index in [2.05, 4.69) is 20.4 Å². The second-order valence-corrected chi connectivity index (χ2v) is 4.94. The highest BCUT2D eigenvalue weighted by Crippen LogP contribution is 2.13. The van der Waals surface area contributed by atoms with E-state index in [9.17, 15) is 18.4 Å². The molecule has 128 valence electrons. The Kier molecular flexibility index (Phi) is 5.94. The Hall–Kier alpha value is -2.84. The maximum atomic E-state index is 13.6. The first-order valence-corrected chi connectivity index (χ1v) is 7.19. The minimum absolute atomic E-state index is 0.0183. The van der Waals surface area contributed by atoms with E-state index in [4.69, 9.17) is 0 Å². The Morgan fingerprint density at radius 2 is 2.00 bits per heavy atom. The number of amides is 1. The Balaban J connectivity index is 1.90. The molecule has 9 heteroatoms. The molecular formula is C15H16F2N4O3. The number of rotatable bonds is 7. The fourth-order valence-electron chi connectivity index (χ4n) is 1.95. The van der Waals surface area contributed by atoms with Crippen molar-refractivity contribution in [2.75, 3.05) is 13.7 Å². The van der Waals surface area contributed by atoms with Gasteiger partial charge in [0.25, 0.3) is 5.91 Å². The number of carbonyl (C=O) groups excluding carboxylic acids is 2. The number of ether oxygens (including phenoxy) is 1. The van der Waals surface area contributed by atoms with Crippen molar-refractivity contribution >= 4 is 11.9 Å². The maximum absolute atomic E-state index is 13.6. The van der Waals surface area contributed by atoms with Crippen LogP contribution in [0.2, 0.25) is 0 Å².